The standard InChI is InChI=1S/C13H28O4Si/c1-5-9-11-13(14)17-18(15-7-3,16-8-4)12-10-6-2/h5-12H2,1-4H3. The number of hydrogen-bond acceptors (Lipinski definition) is 4. The van der Waals surface area contributed by atoms with Crippen LogP contribution >= 0.6 is 0 Å². The Balaban J connectivity index is 4.52. The highest BCUT2D eigenvalue weighted by Gasteiger charge is 2.43. The molecule has 0 saturated heterocycles. The van der Waals surface area contributed by atoms with E-state index in [1.54, 1.807) is 0 Å². The lowest BCUT2D eigenvalue weighted by molar-refractivity contribution is -0.139. The number of carbonyl (C=O) groups excluding carboxylic acids is 1. The van der Waals surface area contributed by atoms with Crippen molar-refractivity contribution in [3.63, 3.8) is 0 Å². The SMILES string of the molecule is CCCCC(=O)O[Si](CCCC)(OCC)OCC. The van der Waals surface area contributed by atoms with Gasteiger partial charge in [0.05, 0.1) is 0 Å². The molecule has 0 spiro atoms. The van der Waals surface area contributed by atoms with Crippen LogP contribution in [0, 0.1) is 0 Å². The van der Waals surface area contributed by atoms with Gasteiger partial charge in [-0.1, -0.05) is 26.7 Å². The van der Waals surface area contributed by atoms with Crippen molar-refractivity contribution in [3.05, 3.63) is 0 Å². The summed E-state index contributed by atoms with van der Waals surface area (Å²) in [5.41, 5.74) is 0. The third kappa shape index (κ3) is 7.13. The van der Waals surface area contributed by atoms with Crippen LogP contribution in [0.1, 0.15) is 59.8 Å². The first kappa shape index (κ1) is 17.6. The smallest absolute Gasteiger partial charge is 0.473 e. The fraction of sp³-hybridized carbons (Fsp3) is 0.923. The molecule has 4 nitrogen and oxygen atoms in total. The summed E-state index contributed by atoms with van der Waals surface area (Å²) in [4.78, 5) is 11.8. The topological polar surface area (TPSA) is 44.8 Å². The van der Waals surface area contributed by atoms with Crippen molar-refractivity contribution in [2.45, 2.75) is 65.8 Å². The van der Waals surface area contributed by atoms with Gasteiger partial charge in [-0.15, -0.1) is 0 Å². The molecule has 0 aromatic rings. The van der Waals surface area contributed by atoms with Crippen molar-refractivity contribution >= 4 is 14.8 Å². The molecule has 0 radical (unpaired) electrons. The van der Waals surface area contributed by atoms with Gasteiger partial charge in [-0.3, -0.25) is 4.79 Å². The molecule has 0 aliphatic carbocycles. The molecule has 18 heavy (non-hydrogen) atoms. The Morgan fingerprint density at radius 1 is 0.944 bits per heavy atom. The Morgan fingerprint density at radius 3 is 1.94 bits per heavy atom. The fourth-order valence-corrected chi connectivity index (χ4v) is 4.38. The first-order valence-electron chi connectivity index (χ1n) is 7.13. The summed E-state index contributed by atoms with van der Waals surface area (Å²) in [5.74, 6) is -0.179. The maximum Gasteiger partial charge on any atom is 0.567 e. The van der Waals surface area contributed by atoms with Crippen LogP contribution in [-0.4, -0.2) is 28.0 Å². The molecule has 0 amide bonds. The monoisotopic (exact) mass is 276 g/mol. The average molecular weight is 276 g/mol. The van der Waals surface area contributed by atoms with Gasteiger partial charge in [-0.05, 0) is 26.7 Å². The van der Waals surface area contributed by atoms with E-state index in [1.807, 2.05) is 13.8 Å². The molecule has 0 saturated carbocycles. The van der Waals surface area contributed by atoms with Gasteiger partial charge in [-0.2, -0.15) is 0 Å². The molecule has 0 unspecified atom stereocenters. The third-order valence-electron chi connectivity index (χ3n) is 2.57. The zero-order chi connectivity index (χ0) is 13.9. The van der Waals surface area contributed by atoms with Crippen molar-refractivity contribution in [3.8, 4) is 0 Å². The summed E-state index contributed by atoms with van der Waals surface area (Å²) in [6.07, 6.45) is 4.31. The van der Waals surface area contributed by atoms with Crippen LogP contribution in [0.5, 0.6) is 0 Å². The summed E-state index contributed by atoms with van der Waals surface area (Å²) < 4.78 is 17.0. The van der Waals surface area contributed by atoms with Gasteiger partial charge < -0.3 is 13.3 Å². The van der Waals surface area contributed by atoms with Crippen LogP contribution in [0.15, 0.2) is 0 Å². The summed E-state index contributed by atoms with van der Waals surface area (Å²) in [5, 5.41) is 0. The Bertz CT molecular complexity index is 215. The zero-order valence-corrected chi connectivity index (χ0v) is 13.3. The lowest BCUT2D eigenvalue weighted by Crippen LogP contribution is -2.47. The predicted octanol–water partition coefficient (Wildman–Crippen LogP) is 3.53. The lowest BCUT2D eigenvalue weighted by atomic mass is 10.3. The number of hydrogen-bond donors (Lipinski definition) is 0. The van der Waals surface area contributed by atoms with E-state index in [4.69, 9.17) is 13.3 Å². The lowest BCUT2D eigenvalue weighted by Gasteiger charge is -2.28. The Kier molecular flexibility index (Phi) is 10.3. The first-order valence-corrected chi connectivity index (χ1v) is 9.07. The highest BCUT2D eigenvalue weighted by Crippen LogP contribution is 2.20. The molecule has 0 heterocycles. The van der Waals surface area contributed by atoms with Crippen LogP contribution in [0.4, 0.5) is 0 Å². The molecule has 0 atom stereocenters. The molecule has 0 aliphatic rings. The second-order valence-electron chi connectivity index (χ2n) is 4.23. The van der Waals surface area contributed by atoms with Gasteiger partial charge >= 0.3 is 8.80 Å². The van der Waals surface area contributed by atoms with Gasteiger partial charge in [0.15, 0.2) is 0 Å². The summed E-state index contributed by atoms with van der Waals surface area (Å²) in [6.45, 7) is 9.03. The quantitative estimate of drug-likeness (QED) is 0.542. The zero-order valence-electron chi connectivity index (χ0n) is 12.3. The molecule has 0 rings (SSSR count). The second-order valence-corrected chi connectivity index (χ2v) is 6.88. The van der Waals surface area contributed by atoms with Gasteiger partial charge in [0, 0.05) is 25.7 Å². The minimum Gasteiger partial charge on any atom is -0.473 e. The van der Waals surface area contributed by atoms with Gasteiger partial charge in [0.1, 0.15) is 0 Å². The molecule has 0 N–H and O–H groups in total. The van der Waals surface area contributed by atoms with Crippen molar-refractivity contribution in [2.75, 3.05) is 13.2 Å². The predicted molar refractivity (Wildman–Crippen MR) is 74.3 cm³/mol. The van der Waals surface area contributed by atoms with E-state index in [9.17, 15) is 4.79 Å². The largest absolute Gasteiger partial charge is 0.567 e. The fourth-order valence-electron chi connectivity index (χ4n) is 1.67. The Morgan fingerprint density at radius 2 is 1.50 bits per heavy atom. The van der Waals surface area contributed by atoms with E-state index in [-0.39, 0.29) is 5.97 Å². The highest BCUT2D eigenvalue weighted by molar-refractivity contribution is 6.62. The van der Waals surface area contributed by atoms with E-state index < -0.39 is 8.80 Å². The van der Waals surface area contributed by atoms with Gasteiger partial charge in [0.25, 0.3) is 5.97 Å². The van der Waals surface area contributed by atoms with E-state index >= 15 is 0 Å². The first-order chi connectivity index (χ1) is 8.64. The molecule has 5 heteroatoms. The molecular weight excluding hydrogens is 248 g/mol. The van der Waals surface area contributed by atoms with Crippen LogP contribution < -0.4 is 0 Å². The number of carbonyl (C=O) groups is 1. The Hall–Kier alpha value is -0.393. The van der Waals surface area contributed by atoms with Crippen LogP contribution in [0.3, 0.4) is 0 Å². The maximum atomic E-state index is 11.8. The molecule has 0 aromatic heterocycles. The summed E-state index contributed by atoms with van der Waals surface area (Å²) in [7, 11) is -2.78. The van der Waals surface area contributed by atoms with Crippen molar-refractivity contribution in [2.24, 2.45) is 0 Å². The minimum absolute atomic E-state index is 0.179. The average Bonchev–Trinajstić information content (AvgIpc) is 2.34. The Labute approximate surface area is 112 Å². The second kappa shape index (κ2) is 10.5. The summed E-state index contributed by atoms with van der Waals surface area (Å²) in [6, 6.07) is 0.725. The van der Waals surface area contributed by atoms with Crippen molar-refractivity contribution in [1.29, 1.82) is 0 Å². The van der Waals surface area contributed by atoms with Crippen LogP contribution in [-0.2, 0) is 18.1 Å². The maximum absolute atomic E-state index is 11.8. The number of unbranched alkanes of at least 4 members (excludes halogenated alkanes) is 2. The van der Waals surface area contributed by atoms with E-state index in [2.05, 4.69) is 13.8 Å². The molecule has 0 fully saturated rings. The molecule has 0 aliphatic heterocycles. The molecule has 0 bridgehead atoms. The van der Waals surface area contributed by atoms with Crippen molar-refractivity contribution in [1.82, 2.24) is 0 Å². The van der Waals surface area contributed by atoms with Crippen LogP contribution in [0.2, 0.25) is 6.04 Å². The van der Waals surface area contributed by atoms with Gasteiger partial charge in [-0.25, -0.2) is 0 Å². The molecule has 108 valence electrons. The number of rotatable bonds is 11. The van der Waals surface area contributed by atoms with E-state index in [0.29, 0.717) is 19.6 Å². The van der Waals surface area contributed by atoms with Gasteiger partial charge in [0.2, 0.25) is 0 Å². The van der Waals surface area contributed by atoms with E-state index in [0.717, 1.165) is 31.7 Å². The van der Waals surface area contributed by atoms with E-state index in [1.165, 1.54) is 0 Å². The normalized spacial score (nSPS) is 11.6. The van der Waals surface area contributed by atoms with Crippen molar-refractivity contribution < 1.29 is 18.1 Å². The molecule has 0 aromatic carbocycles. The highest BCUT2D eigenvalue weighted by atomic mass is 28.4. The minimum atomic E-state index is -2.78. The summed E-state index contributed by atoms with van der Waals surface area (Å²) >= 11 is 0. The van der Waals surface area contributed by atoms with Crippen LogP contribution in [0.25, 0.3) is 0 Å². The molecular formula is C13H28O4Si. The third-order valence-corrected chi connectivity index (χ3v) is 5.53.